The second-order valence-corrected chi connectivity index (χ2v) is 6.40. The molecule has 1 N–H and O–H groups in total. The number of nitrogens with zero attached hydrogens (tertiary/aromatic N) is 1. The minimum Gasteiger partial charge on any atom is -0.464 e. The molecule has 0 aromatic rings. The lowest BCUT2D eigenvalue weighted by Gasteiger charge is -2.34. The lowest BCUT2D eigenvalue weighted by Crippen LogP contribution is -2.48. The van der Waals surface area contributed by atoms with Gasteiger partial charge in [0, 0.05) is 25.4 Å². The van der Waals surface area contributed by atoms with Gasteiger partial charge in [0.2, 0.25) is 11.8 Å². The van der Waals surface area contributed by atoms with E-state index in [4.69, 9.17) is 4.74 Å². The van der Waals surface area contributed by atoms with Gasteiger partial charge in [0.1, 0.15) is 6.04 Å². The maximum absolute atomic E-state index is 12.4. The molecule has 1 atom stereocenters. The molecule has 6 nitrogen and oxygen atoms in total. The summed E-state index contributed by atoms with van der Waals surface area (Å²) in [4.78, 5) is 37.9. The number of carbonyl (C=O) groups excluding carboxylic acids is 3. The highest BCUT2D eigenvalue weighted by Crippen LogP contribution is 2.20. The van der Waals surface area contributed by atoms with E-state index in [1.807, 2.05) is 0 Å². The Morgan fingerprint density at radius 1 is 1.04 bits per heavy atom. The van der Waals surface area contributed by atoms with Crippen LogP contribution in [-0.2, 0) is 19.1 Å². The van der Waals surface area contributed by atoms with Crippen LogP contribution in [0.5, 0.6) is 0 Å². The van der Waals surface area contributed by atoms with Crippen molar-refractivity contribution >= 4 is 17.8 Å². The number of likely N-dealkylation sites (tertiary alicyclic amines) is 1. The third-order valence-corrected chi connectivity index (χ3v) is 4.67. The lowest BCUT2D eigenvalue weighted by molar-refractivity contribution is -0.156. The molecule has 0 radical (unpaired) electrons. The minimum atomic E-state index is -0.478. The van der Waals surface area contributed by atoms with Crippen LogP contribution in [0.3, 0.4) is 0 Å². The summed E-state index contributed by atoms with van der Waals surface area (Å²) in [6, 6.07) is -0.200. The van der Waals surface area contributed by atoms with Crippen LogP contribution in [0.2, 0.25) is 0 Å². The molecule has 2 fully saturated rings. The summed E-state index contributed by atoms with van der Waals surface area (Å²) in [6.07, 6.45) is 7.24. The van der Waals surface area contributed by atoms with Crippen LogP contribution in [0.4, 0.5) is 0 Å². The molecule has 0 bridgehead atoms. The van der Waals surface area contributed by atoms with Gasteiger partial charge >= 0.3 is 5.97 Å². The van der Waals surface area contributed by atoms with Gasteiger partial charge in [-0.3, -0.25) is 9.59 Å². The number of hydrogen-bond donors (Lipinski definition) is 1. The molecule has 2 aliphatic rings. The van der Waals surface area contributed by atoms with E-state index in [1.165, 1.54) is 12.8 Å². The first-order valence-corrected chi connectivity index (χ1v) is 8.87. The van der Waals surface area contributed by atoms with Gasteiger partial charge in [-0.25, -0.2) is 4.79 Å². The number of amides is 2. The van der Waals surface area contributed by atoms with Crippen LogP contribution in [0, 0.1) is 0 Å². The predicted octanol–water partition coefficient (Wildman–Crippen LogP) is 1.77. The number of carbonyl (C=O) groups is 3. The van der Waals surface area contributed by atoms with E-state index >= 15 is 0 Å². The van der Waals surface area contributed by atoms with Crippen molar-refractivity contribution in [1.82, 2.24) is 10.2 Å². The summed E-state index contributed by atoms with van der Waals surface area (Å²) in [6.45, 7) is 2.66. The molecule has 0 unspecified atom stereocenters. The van der Waals surface area contributed by atoms with Gasteiger partial charge in [-0.1, -0.05) is 12.8 Å². The smallest absolute Gasteiger partial charge is 0.328 e. The number of esters is 1. The van der Waals surface area contributed by atoms with Crippen LogP contribution in [0.25, 0.3) is 0 Å². The molecule has 2 rings (SSSR count). The van der Waals surface area contributed by atoms with E-state index in [1.54, 1.807) is 11.8 Å². The van der Waals surface area contributed by atoms with Crippen LogP contribution in [-0.4, -0.2) is 47.9 Å². The Morgan fingerprint density at radius 2 is 1.74 bits per heavy atom. The standard InChI is InChI=1S/C17H28N2O4/c1-2-23-17(22)14-9-5-6-12-19(14)16(21)11-10-15(20)18-13-7-3-4-8-13/h13-14H,2-12H2,1H3,(H,18,20)/t14-/m0/s1. The normalized spacial score (nSPS) is 22.0. The van der Waals surface area contributed by atoms with E-state index in [-0.39, 0.29) is 36.7 Å². The summed E-state index contributed by atoms with van der Waals surface area (Å²) < 4.78 is 5.06. The van der Waals surface area contributed by atoms with Gasteiger partial charge in [0.15, 0.2) is 0 Å². The zero-order valence-electron chi connectivity index (χ0n) is 14.0. The van der Waals surface area contributed by atoms with Crippen molar-refractivity contribution in [3.63, 3.8) is 0 Å². The Labute approximate surface area is 137 Å². The van der Waals surface area contributed by atoms with Crippen LogP contribution in [0.15, 0.2) is 0 Å². The molecule has 1 aliphatic carbocycles. The number of rotatable bonds is 6. The van der Waals surface area contributed by atoms with Crippen molar-refractivity contribution in [1.29, 1.82) is 0 Å². The number of hydrogen-bond acceptors (Lipinski definition) is 4. The molecular weight excluding hydrogens is 296 g/mol. The Kier molecular flexibility index (Phi) is 6.86. The molecule has 1 heterocycles. The Morgan fingerprint density at radius 3 is 2.43 bits per heavy atom. The second-order valence-electron chi connectivity index (χ2n) is 6.40. The predicted molar refractivity (Wildman–Crippen MR) is 85.6 cm³/mol. The monoisotopic (exact) mass is 324 g/mol. The van der Waals surface area contributed by atoms with Crippen molar-refractivity contribution in [3.8, 4) is 0 Å². The van der Waals surface area contributed by atoms with E-state index in [2.05, 4.69) is 5.32 Å². The van der Waals surface area contributed by atoms with Crippen molar-refractivity contribution in [3.05, 3.63) is 0 Å². The van der Waals surface area contributed by atoms with Gasteiger partial charge in [0.05, 0.1) is 6.61 Å². The zero-order chi connectivity index (χ0) is 16.7. The quantitative estimate of drug-likeness (QED) is 0.756. The maximum atomic E-state index is 12.4. The third-order valence-electron chi connectivity index (χ3n) is 4.67. The number of piperidine rings is 1. The van der Waals surface area contributed by atoms with Gasteiger partial charge in [-0.15, -0.1) is 0 Å². The second kappa shape index (κ2) is 8.89. The van der Waals surface area contributed by atoms with Crippen molar-refractivity contribution in [2.24, 2.45) is 0 Å². The minimum absolute atomic E-state index is 0.0602. The van der Waals surface area contributed by atoms with E-state index in [0.29, 0.717) is 19.6 Å². The Balaban J connectivity index is 1.80. The summed E-state index contributed by atoms with van der Waals surface area (Å²) in [5.41, 5.74) is 0. The summed E-state index contributed by atoms with van der Waals surface area (Å²) in [5.74, 6) is -0.504. The van der Waals surface area contributed by atoms with Crippen LogP contribution >= 0.6 is 0 Å². The lowest BCUT2D eigenvalue weighted by atomic mass is 10.0. The van der Waals surface area contributed by atoms with E-state index < -0.39 is 6.04 Å². The summed E-state index contributed by atoms with van der Waals surface area (Å²) >= 11 is 0. The molecule has 23 heavy (non-hydrogen) atoms. The third kappa shape index (κ3) is 5.22. The van der Waals surface area contributed by atoms with Gasteiger partial charge in [0.25, 0.3) is 0 Å². The molecular formula is C17H28N2O4. The fraction of sp³-hybridized carbons (Fsp3) is 0.824. The molecule has 0 aromatic heterocycles. The molecule has 6 heteroatoms. The van der Waals surface area contributed by atoms with Gasteiger partial charge in [-0.05, 0) is 39.0 Å². The summed E-state index contributed by atoms with van der Waals surface area (Å²) in [7, 11) is 0. The Hall–Kier alpha value is -1.59. The first-order valence-electron chi connectivity index (χ1n) is 8.87. The average molecular weight is 324 g/mol. The fourth-order valence-electron chi connectivity index (χ4n) is 3.45. The zero-order valence-corrected chi connectivity index (χ0v) is 14.0. The van der Waals surface area contributed by atoms with Crippen molar-refractivity contribution in [2.45, 2.75) is 76.8 Å². The number of ether oxygens (including phenoxy) is 1. The fourth-order valence-corrected chi connectivity index (χ4v) is 3.45. The molecule has 130 valence electrons. The number of nitrogens with one attached hydrogen (secondary N) is 1. The highest BCUT2D eigenvalue weighted by Gasteiger charge is 2.33. The van der Waals surface area contributed by atoms with E-state index in [9.17, 15) is 14.4 Å². The molecule has 1 saturated heterocycles. The molecule has 2 amide bonds. The molecule has 1 saturated carbocycles. The SMILES string of the molecule is CCOC(=O)[C@@H]1CCCCN1C(=O)CCC(=O)NC1CCCC1. The van der Waals surface area contributed by atoms with Crippen LogP contribution in [0.1, 0.15) is 64.7 Å². The highest BCUT2D eigenvalue weighted by molar-refractivity contribution is 5.87. The topological polar surface area (TPSA) is 75.7 Å². The molecule has 0 spiro atoms. The Bertz CT molecular complexity index is 432. The largest absolute Gasteiger partial charge is 0.464 e. The highest BCUT2D eigenvalue weighted by atomic mass is 16.5. The molecule has 0 aromatic carbocycles. The summed E-state index contributed by atoms with van der Waals surface area (Å²) in [5, 5.41) is 2.99. The van der Waals surface area contributed by atoms with Crippen LogP contribution < -0.4 is 5.32 Å². The maximum Gasteiger partial charge on any atom is 0.328 e. The molecule has 1 aliphatic heterocycles. The first kappa shape index (κ1) is 17.8. The van der Waals surface area contributed by atoms with Crippen molar-refractivity contribution < 1.29 is 19.1 Å². The first-order chi connectivity index (χ1) is 11.1. The van der Waals surface area contributed by atoms with Crippen molar-refractivity contribution in [2.75, 3.05) is 13.2 Å². The van der Waals surface area contributed by atoms with Gasteiger partial charge < -0.3 is 15.0 Å². The van der Waals surface area contributed by atoms with Gasteiger partial charge in [-0.2, -0.15) is 0 Å². The van der Waals surface area contributed by atoms with E-state index in [0.717, 1.165) is 25.7 Å². The average Bonchev–Trinajstić information content (AvgIpc) is 3.05.